The summed E-state index contributed by atoms with van der Waals surface area (Å²) >= 11 is 6.19. The van der Waals surface area contributed by atoms with E-state index >= 15 is 0 Å². The highest BCUT2D eigenvalue weighted by Gasteiger charge is 2.22. The second-order valence-corrected chi connectivity index (χ2v) is 6.26. The molecule has 0 atom stereocenters. The minimum absolute atomic E-state index is 0.592. The molecule has 0 aliphatic carbocycles. The van der Waals surface area contributed by atoms with Crippen LogP contribution in [0.2, 0.25) is 5.15 Å². The Bertz CT molecular complexity index is 801. The van der Waals surface area contributed by atoms with Gasteiger partial charge in [-0.3, -0.25) is 4.90 Å². The lowest BCUT2D eigenvalue weighted by Gasteiger charge is -2.28. The summed E-state index contributed by atoms with van der Waals surface area (Å²) in [5, 5.41) is 0.592. The molecule has 0 amide bonds. The molecule has 23 heavy (non-hydrogen) atoms. The molecular formula is C17H18ClN5. The minimum Gasteiger partial charge on any atom is -0.335 e. The fraction of sp³-hybridized carbons (Fsp3) is 0.294. The molecule has 0 radical (unpaired) electrons. The highest BCUT2D eigenvalue weighted by Crippen LogP contribution is 2.27. The molecule has 0 fully saturated rings. The van der Waals surface area contributed by atoms with Gasteiger partial charge in [0, 0.05) is 38.8 Å². The lowest BCUT2D eigenvalue weighted by Crippen LogP contribution is -2.33. The summed E-state index contributed by atoms with van der Waals surface area (Å²) in [5.74, 6) is 0. The molecule has 118 valence electrons. The first kappa shape index (κ1) is 14.5. The molecule has 0 saturated carbocycles. The van der Waals surface area contributed by atoms with E-state index in [4.69, 9.17) is 11.6 Å². The number of imidazole rings is 2. The number of fused-ring (bicyclic) bond motifs is 1. The van der Waals surface area contributed by atoms with Crippen molar-refractivity contribution in [3.05, 3.63) is 59.5 Å². The Morgan fingerprint density at radius 2 is 1.91 bits per heavy atom. The third kappa shape index (κ3) is 2.66. The molecule has 6 heteroatoms. The van der Waals surface area contributed by atoms with Crippen molar-refractivity contribution in [3.8, 4) is 11.3 Å². The summed E-state index contributed by atoms with van der Waals surface area (Å²) in [7, 11) is 1.98. The number of aromatic nitrogens is 4. The number of rotatable bonds is 3. The summed E-state index contributed by atoms with van der Waals surface area (Å²) in [6, 6.07) is 10.4. The van der Waals surface area contributed by atoms with Crippen molar-refractivity contribution >= 4 is 11.6 Å². The van der Waals surface area contributed by atoms with Gasteiger partial charge in [0.05, 0.1) is 29.7 Å². The van der Waals surface area contributed by atoms with Crippen LogP contribution in [0.25, 0.3) is 11.3 Å². The Balaban J connectivity index is 1.61. The zero-order valence-electron chi connectivity index (χ0n) is 13.0. The lowest BCUT2D eigenvalue weighted by molar-refractivity contribution is 0.209. The van der Waals surface area contributed by atoms with Gasteiger partial charge in [0.25, 0.3) is 0 Å². The lowest BCUT2D eigenvalue weighted by atomic mass is 10.1. The predicted octanol–water partition coefficient (Wildman–Crippen LogP) is 2.95. The molecule has 2 aromatic heterocycles. The van der Waals surface area contributed by atoms with E-state index < -0.39 is 0 Å². The Hall–Kier alpha value is -2.11. The topological polar surface area (TPSA) is 38.9 Å². The second kappa shape index (κ2) is 5.83. The third-order valence-electron chi connectivity index (χ3n) is 4.41. The van der Waals surface area contributed by atoms with Crippen LogP contribution < -0.4 is 0 Å². The fourth-order valence-electron chi connectivity index (χ4n) is 3.09. The van der Waals surface area contributed by atoms with Crippen LogP contribution in [0.5, 0.6) is 0 Å². The maximum absolute atomic E-state index is 6.19. The number of hydrogen-bond acceptors (Lipinski definition) is 3. The maximum atomic E-state index is 6.19. The van der Waals surface area contributed by atoms with E-state index in [1.165, 1.54) is 11.3 Å². The van der Waals surface area contributed by atoms with Gasteiger partial charge in [0.15, 0.2) is 5.15 Å². The molecule has 0 saturated heterocycles. The summed E-state index contributed by atoms with van der Waals surface area (Å²) < 4.78 is 4.25. The van der Waals surface area contributed by atoms with Gasteiger partial charge in [-0.15, -0.1) is 0 Å². The summed E-state index contributed by atoms with van der Waals surface area (Å²) in [4.78, 5) is 11.2. The average molecular weight is 328 g/mol. The van der Waals surface area contributed by atoms with Crippen LogP contribution in [0.3, 0.4) is 0 Å². The average Bonchev–Trinajstić information content (AvgIpc) is 3.14. The predicted molar refractivity (Wildman–Crippen MR) is 90.0 cm³/mol. The summed E-state index contributed by atoms with van der Waals surface area (Å²) in [6.45, 7) is 3.60. The third-order valence-corrected chi connectivity index (χ3v) is 4.72. The van der Waals surface area contributed by atoms with Gasteiger partial charge in [-0.1, -0.05) is 41.9 Å². The standard InChI is InChI=1S/C17H18ClN5/c1-21-11-20-17(18)15(21)10-22-7-8-23-12-19-16(14(23)9-22)13-5-3-2-4-6-13/h2-6,11-12H,7-10H2,1H3. The van der Waals surface area contributed by atoms with Crippen molar-refractivity contribution in [1.82, 2.24) is 24.0 Å². The molecule has 4 rings (SSSR count). The van der Waals surface area contributed by atoms with E-state index in [9.17, 15) is 0 Å². The van der Waals surface area contributed by atoms with Crippen molar-refractivity contribution in [2.24, 2.45) is 7.05 Å². The summed E-state index contributed by atoms with van der Waals surface area (Å²) in [5.41, 5.74) is 4.56. The van der Waals surface area contributed by atoms with Crippen molar-refractivity contribution in [2.45, 2.75) is 19.6 Å². The van der Waals surface area contributed by atoms with Crippen LogP contribution in [0.1, 0.15) is 11.4 Å². The molecule has 0 unspecified atom stereocenters. The first-order chi connectivity index (χ1) is 11.2. The number of benzene rings is 1. The van der Waals surface area contributed by atoms with Crippen LogP contribution in [-0.4, -0.2) is 30.5 Å². The summed E-state index contributed by atoms with van der Waals surface area (Å²) in [6.07, 6.45) is 3.72. The van der Waals surface area contributed by atoms with Gasteiger partial charge < -0.3 is 9.13 Å². The molecule has 1 aliphatic rings. The molecule has 0 bridgehead atoms. The van der Waals surface area contributed by atoms with Crippen LogP contribution >= 0.6 is 11.6 Å². The molecule has 3 aromatic rings. The number of halogens is 1. The van der Waals surface area contributed by atoms with E-state index in [1.807, 2.05) is 24.0 Å². The van der Waals surface area contributed by atoms with E-state index in [1.54, 1.807) is 6.33 Å². The highest BCUT2D eigenvalue weighted by molar-refractivity contribution is 6.30. The van der Waals surface area contributed by atoms with Crippen LogP contribution in [0.4, 0.5) is 0 Å². The smallest absolute Gasteiger partial charge is 0.151 e. The van der Waals surface area contributed by atoms with Crippen molar-refractivity contribution in [3.63, 3.8) is 0 Å². The molecule has 1 aliphatic heterocycles. The minimum atomic E-state index is 0.592. The van der Waals surface area contributed by atoms with Crippen molar-refractivity contribution < 1.29 is 0 Å². The quantitative estimate of drug-likeness (QED) is 0.742. The molecule has 0 spiro atoms. The van der Waals surface area contributed by atoms with Crippen molar-refractivity contribution in [1.29, 1.82) is 0 Å². The molecule has 3 heterocycles. The first-order valence-corrected chi connectivity index (χ1v) is 8.07. The Morgan fingerprint density at radius 1 is 1.09 bits per heavy atom. The Morgan fingerprint density at radius 3 is 2.65 bits per heavy atom. The number of aryl methyl sites for hydroxylation is 1. The van der Waals surface area contributed by atoms with Crippen molar-refractivity contribution in [2.75, 3.05) is 6.54 Å². The number of hydrogen-bond donors (Lipinski definition) is 0. The first-order valence-electron chi connectivity index (χ1n) is 7.70. The Kier molecular flexibility index (Phi) is 3.67. The molecule has 0 N–H and O–H groups in total. The van der Waals surface area contributed by atoms with E-state index in [-0.39, 0.29) is 0 Å². The van der Waals surface area contributed by atoms with Gasteiger partial charge in [-0.2, -0.15) is 0 Å². The molecule has 5 nitrogen and oxygen atoms in total. The largest absolute Gasteiger partial charge is 0.335 e. The van der Waals surface area contributed by atoms with Crippen LogP contribution in [0, 0.1) is 0 Å². The van der Waals surface area contributed by atoms with Gasteiger partial charge in [0.2, 0.25) is 0 Å². The highest BCUT2D eigenvalue weighted by atomic mass is 35.5. The van der Waals surface area contributed by atoms with Gasteiger partial charge in [-0.25, -0.2) is 9.97 Å². The SMILES string of the molecule is Cn1cnc(Cl)c1CN1CCn2cnc(-c3ccccc3)c2C1. The maximum Gasteiger partial charge on any atom is 0.151 e. The monoisotopic (exact) mass is 327 g/mol. The zero-order chi connectivity index (χ0) is 15.8. The van der Waals surface area contributed by atoms with Crippen LogP contribution in [0.15, 0.2) is 43.0 Å². The van der Waals surface area contributed by atoms with Gasteiger partial charge in [-0.05, 0) is 0 Å². The number of nitrogens with zero attached hydrogens (tertiary/aromatic N) is 5. The van der Waals surface area contributed by atoms with Crippen LogP contribution in [-0.2, 0) is 26.7 Å². The van der Waals surface area contributed by atoms with E-state index in [2.05, 4.69) is 43.7 Å². The Labute approximate surface area is 140 Å². The second-order valence-electron chi connectivity index (χ2n) is 5.90. The normalized spacial score (nSPS) is 14.9. The van der Waals surface area contributed by atoms with E-state index in [0.717, 1.165) is 37.6 Å². The fourth-order valence-corrected chi connectivity index (χ4v) is 3.33. The van der Waals surface area contributed by atoms with Gasteiger partial charge in [0.1, 0.15) is 0 Å². The molecule has 1 aromatic carbocycles. The van der Waals surface area contributed by atoms with E-state index in [0.29, 0.717) is 5.15 Å². The van der Waals surface area contributed by atoms with Gasteiger partial charge >= 0.3 is 0 Å². The zero-order valence-corrected chi connectivity index (χ0v) is 13.7. The molecular weight excluding hydrogens is 310 g/mol.